The molecule has 1 N–H and O–H groups in total. The van der Waals surface area contributed by atoms with Crippen molar-refractivity contribution in [2.75, 3.05) is 6.61 Å². The summed E-state index contributed by atoms with van der Waals surface area (Å²) in [5, 5.41) is 2.74. The number of rotatable bonds is 3. The Labute approximate surface area is 114 Å². The number of hydrogen-bond acceptors (Lipinski definition) is 3. The van der Waals surface area contributed by atoms with Crippen molar-refractivity contribution in [3.63, 3.8) is 0 Å². The van der Waals surface area contributed by atoms with Crippen molar-refractivity contribution in [3.05, 3.63) is 34.9 Å². The summed E-state index contributed by atoms with van der Waals surface area (Å²) >= 11 is 0. The van der Waals surface area contributed by atoms with E-state index in [-0.39, 0.29) is 18.1 Å². The Hall–Kier alpha value is -1.84. The lowest BCUT2D eigenvalue weighted by molar-refractivity contribution is -0.125. The van der Waals surface area contributed by atoms with E-state index in [1.807, 2.05) is 46.8 Å². The molecule has 4 nitrogen and oxygen atoms in total. The number of carbonyl (C=O) groups excluding carboxylic acids is 2. The number of carbonyl (C=O) groups is 2. The molecular weight excluding hydrogens is 242 g/mol. The highest BCUT2D eigenvalue weighted by molar-refractivity contribution is 5.92. The van der Waals surface area contributed by atoms with Gasteiger partial charge in [-0.2, -0.15) is 0 Å². The molecule has 0 aromatic heterocycles. The Morgan fingerprint density at radius 3 is 2.42 bits per heavy atom. The maximum Gasteiger partial charge on any atom is 0.338 e. The minimum Gasteiger partial charge on any atom is -0.452 e. The molecule has 0 aliphatic carbocycles. The summed E-state index contributed by atoms with van der Waals surface area (Å²) < 4.78 is 5.02. The second-order valence-corrected chi connectivity index (χ2v) is 5.69. The minimum atomic E-state index is -0.467. The molecule has 0 spiro atoms. The van der Waals surface area contributed by atoms with Crippen molar-refractivity contribution >= 4 is 11.9 Å². The largest absolute Gasteiger partial charge is 0.452 e. The van der Waals surface area contributed by atoms with E-state index in [4.69, 9.17) is 4.74 Å². The van der Waals surface area contributed by atoms with Gasteiger partial charge in [-0.1, -0.05) is 17.7 Å². The van der Waals surface area contributed by atoms with Gasteiger partial charge in [-0.05, 0) is 46.2 Å². The fraction of sp³-hybridized carbons (Fsp3) is 0.467. The SMILES string of the molecule is Cc1ccc(C)c(C(=O)OCC(=O)NC(C)(C)C)c1. The van der Waals surface area contributed by atoms with Gasteiger partial charge in [-0.3, -0.25) is 4.79 Å². The summed E-state index contributed by atoms with van der Waals surface area (Å²) in [5.74, 6) is -0.767. The summed E-state index contributed by atoms with van der Waals surface area (Å²) in [6.07, 6.45) is 0. The van der Waals surface area contributed by atoms with Gasteiger partial charge in [0.25, 0.3) is 5.91 Å². The van der Waals surface area contributed by atoms with Crippen LogP contribution in [0.25, 0.3) is 0 Å². The predicted octanol–water partition coefficient (Wildman–Crippen LogP) is 2.37. The summed E-state index contributed by atoms with van der Waals surface area (Å²) in [6.45, 7) is 9.10. The van der Waals surface area contributed by atoms with Crippen LogP contribution in [0.1, 0.15) is 42.3 Å². The average molecular weight is 263 g/mol. The van der Waals surface area contributed by atoms with Crippen LogP contribution in [0.2, 0.25) is 0 Å². The highest BCUT2D eigenvalue weighted by Crippen LogP contribution is 2.12. The van der Waals surface area contributed by atoms with Crippen LogP contribution in [-0.4, -0.2) is 24.0 Å². The first kappa shape index (κ1) is 15.2. The van der Waals surface area contributed by atoms with Gasteiger partial charge < -0.3 is 10.1 Å². The van der Waals surface area contributed by atoms with Crippen LogP contribution in [0.4, 0.5) is 0 Å². The zero-order valence-corrected chi connectivity index (χ0v) is 12.2. The van der Waals surface area contributed by atoms with Gasteiger partial charge in [-0.25, -0.2) is 4.79 Å². The zero-order chi connectivity index (χ0) is 14.6. The molecule has 0 saturated heterocycles. The monoisotopic (exact) mass is 263 g/mol. The number of amides is 1. The fourth-order valence-corrected chi connectivity index (χ4v) is 1.62. The second kappa shape index (κ2) is 5.87. The first-order valence-corrected chi connectivity index (χ1v) is 6.24. The summed E-state index contributed by atoms with van der Waals surface area (Å²) in [7, 11) is 0. The van der Waals surface area contributed by atoms with Crippen molar-refractivity contribution in [1.29, 1.82) is 0 Å². The maximum absolute atomic E-state index is 11.9. The highest BCUT2D eigenvalue weighted by atomic mass is 16.5. The first-order valence-electron chi connectivity index (χ1n) is 6.24. The molecule has 0 heterocycles. The molecule has 0 aliphatic rings. The summed E-state index contributed by atoms with van der Waals surface area (Å²) in [5.41, 5.74) is 2.00. The lowest BCUT2D eigenvalue weighted by atomic mass is 10.1. The third-order valence-corrected chi connectivity index (χ3v) is 2.46. The number of benzene rings is 1. The van der Waals surface area contributed by atoms with Crippen molar-refractivity contribution in [2.24, 2.45) is 0 Å². The third-order valence-electron chi connectivity index (χ3n) is 2.46. The highest BCUT2D eigenvalue weighted by Gasteiger charge is 2.16. The van der Waals surface area contributed by atoms with Gasteiger partial charge in [-0.15, -0.1) is 0 Å². The van der Waals surface area contributed by atoms with Crippen LogP contribution in [0.15, 0.2) is 18.2 Å². The summed E-state index contributed by atoms with van der Waals surface area (Å²) in [6, 6.07) is 5.55. The van der Waals surface area contributed by atoms with E-state index in [1.165, 1.54) is 0 Å². The molecule has 0 bridgehead atoms. The van der Waals surface area contributed by atoms with E-state index in [9.17, 15) is 9.59 Å². The van der Waals surface area contributed by atoms with Gasteiger partial charge in [0.2, 0.25) is 0 Å². The Morgan fingerprint density at radius 2 is 1.84 bits per heavy atom. The maximum atomic E-state index is 11.9. The average Bonchev–Trinajstić information content (AvgIpc) is 2.27. The molecule has 1 aromatic carbocycles. The van der Waals surface area contributed by atoms with Crippen LogP contribution in [-0.2, 0) is 9.53 Å². The number of hydrogen-bond donors (Lipinski definition) is 1. The quantitative estimate of drug-likeness (QED) is 0.852. The van der Waals surface area contributed by atoms with Crippen LogP contribution in [0, 0.1) is 13.8 Å². The van der Waals surface area contributed by atoms with Crippen molar-refractivity contribution < 1.29 is 14.3 Å². The Kier molecular flexibility index (Phi) is 4.70. The number of aryl methyl sites for hydroxylation is 2. The number of ether oxygens (including phenoxy) is 1. The molecule has 0 saturated carbocycles. The Bertz CT molecular complexity index is 487. The smallest absolute Gasteiger partial charge is 0.338 e. The van der Waals surface area contributed by atoms with Crippen molar-refractivity contribution in [1.82, 2.24) is 5.32 Å². The van der Waals surface area contributed by atoms with Gasteiger partial charge >= 0.3 is 5.97 Å². The third kappa shape index (κ3) is 5.12. The van der Waals surface area contributed by atoms with Gasteiger partial charge in [0, 0.05) is 5.54 Å². The molecule has 4 heteroatoms. The molecule has 0 fully saturated rings. The molecule has 0 aliphatic heterocycles. The van der Waals surface area contributed by atoms with Gasteiger partial charge in [0.05, 0.1) is 5.56 Å². The zero-order valence-electron chi connectivity index (χ0n) is 12.2. The van der Waals surface area contributed by atoms with E-state index < -0.39 is 5.97 Å². The molecule has 0 unspecified atom stereocenters. The first-order chi connectivity index (χ1) is 8.69. The molecule has 0 atom stereocenters. The molecule has 1 aromatic rings. The summed E-state index contributed by atoms with van der Waals surface area (Å²) in [4.78, 5) is 23.4. The van der Waals surface area contributed by atoms with Gasteiger partial charge in [0.1, 0.15) is 0 Å². The minimum absolute atomic E-state index is 0.260. The van der Waals surface area contributed by atoms with Crippen LogP contribution in [0.5, 0.6) is 0 Å². The van der Waals surface area contributed by atoms with Crippen LogP contribution in [0.3, 0.4) is 0 Å². The second-order valence-electron chi connectivity index (χ2n) is 5.69. The van der Waals surface area contributed by atoms with E-state index in [2.05, 4.69) is 5.32 Å². The lowest BCUT2D eigenvalue weighted by Gasteiger charge is -2.20. The van der Waals surface area contributed by atoms with Crippen molar-refractivity contribution in [3.8, 4) is 0 Å². The number of nitrogens with one attached hydrogen (secondary N) is 1. The van der Waals surface area contributed by atoms with E-state index >= 15 is 0 Å². The molecule has 1 amide bonds. The van der Waals surface area contributed by atoms with Crippen molar-refractivity contribution in [2.45, 2.75) is 40.2 Å². The molecule has 1 rings (SSSR count). The topological polar surface area (TPSA) is 55.4 Å². The number of esters is 1. The Morgan fingerprint density at radius 1 is 1.21 bits per heavy atom. The van der Waals surface area contributed by atoms with E-state index in [0.29, 0.717) is 5.56 Å². The lowest BCUT2D eigenvalue weighted by Crippen LogP contribution is -2.42. The standard InChI is InChI=1S/C15H21NO3/c1-10-6-7-11(2)12(8-10)14(18)19-9-13(17)16-15(3,4)5/h6-8H,9H2,1-5H3,(H,16,17). The Balaban J connectivity index is 2.61. The van der Waals surface area contributed by atoms with Crippen LogP contribution < -0.4 is 5.32 Å². The molecular formula is C15H21NO3. The normalized spacial score (nSPS) is 11.0. The van der Waals surface area contributed by atoms with E-state index in [0.717, 1.165) is 11.1 Å². The van der Waals surface area contributed by atoms with E-state index in [1.54, 1.807) is 6.07 Å². The van der Waals surface area contributed by atoms with Gasteiger partial charge in [0.15, 0.2) is 6.61 Å². The van der Waals surface area contributed by atoms with Crippen LogP contribution >= 0.6 is 0 Å². The molecule has 0 radical (unpaired) electrons. The predicted molar refractivity (Wildman–Crippen MR) is 74.1 cm³/mol. The molecule has 19 heavy (non-hydrogen) atoms. The fourth-order valence-electron chi connectivity index (χ4n) is 1.62. The molecule has 104 valence electrons.